The highest BCUT2D eigenvalue weighted by Crippen LogP contribution is 2.34. The van der Waals surface area contributed by atoms with Gasteiger partial charge in [0.2, 0.25) is 12.7 Å². The number of nitrogens with zero attached hydrogens (tertiary/aromatic N) is 1. The van der Waals surface area contributed by atoms with Gasteiger partial charge in [0.05, 0.1) is 6.54 Å². The highest BCUT2D eigenvalue weighted by Gasteiger charge is 2.48. The van der Waals surface area contributed by atoms with Gasteiger partial charge in [-0.1, -0.05) is 18.2 Å². The van der Waals surface area contributed by atoms with Crippen LogP contribution in [0.15, 0.2) is 42.5 Å². The quantitative estimate of drug-likeness (QED) is 0.632. The van der Waals surface area contributed by atoms with E-state index >= 15 is 0 Å². The molecule has 4 amide bonds. The molecule has 2 aromatic rings. The van der Waals surface area contributed by atoms with Crippen LogP contribution in [0.3, 0.4) is 0 Å². The first-order valence-electron chi connectivity index (χ1n) is 10.6. The van der Waals surface area contributed by atoms with Crippen LogP contribution in [0.2, 0.25) is 0 Å². The standard InChI is InChI=1S/C23H23N3O7/c1-23(9-14-6-7-17-19(8-14)32-13-31-17)21(28)26(22(29)25-23)11-20(27)24-10-15-12-30-16-4-2-3-5-18(16)33-15/h2-8,15H,9-13H2,1H3,(H,24,27)(H,25,29)/t15-,23+/m0/s1. The molecule has 2 atom stereocenters. The minimum absolute atomic E-state index is 0.152. The van der Waals surface area contributed by atoms with Gasteiger partial charge in [0.25, 0.3) is 5.91 Å². The van der Waals surface area contributed by atoms with E-state index in [9.17, 15) is 14.4 Å². The van der Waals surface area contributed by atoms with E-state index in [-0.39, 0.29) is 39.0 Å². The van der Waals surface area contributed by atoms with E-state index in [0.717, 1.165) is 10.5 Å². The fraction of sp³-hybridized carbons (Fsp3) is 0.348. The molecule has 10 nitrogen and oxygen atoms in total. The molecule has 0 aromatic heterocycles. The summed E-state index contributed by atoms with van der Waals surface area (Å²) in [6.07, 6.45) is -0.123. The van der Waals surface area contributed by atoms with Gasteiger partial charge in [-0.05, 0) is 36.8 Å². The molecule has 2 N–H and O–H groups in total. The van der Waals surface area contributed by atoms with Gasteiger partial charge in [-0.25, -0.2) is 4.79 Å². The number of carbonyl (C=O) groups is 3. The smallest absolute Gasteiger partial charge is 0.325 e. The topological polar surface area (TPSA) is 115 Å². The maximum absolute atomic E-state index is 13.0. The number of nitrogens with one attached hydrogen (secondary N) is 2. The predicted molar refractivity (Wildman–Crippen MR) is 114 cm³/mol. The average molecular weight is 453 g/mol. The van der Waals surface area contributed by atoms with Gasteiger partial charge in [-0.15, -0.1) is 0 Å². The molecule has 10 heteroatoms. The summed E-state index contributed by atoms with van der Waals surface area (Å²) in [6, 6.07) is 12.0. The number of rotatable bonds is 6. The third-order valence-corrected chi connectivity index (χ3v) is 5.74. The van der Waals surface area contributed by atoms with Crippen LogP contribution < -0.4 is 29.6 Å². The lowest BCUT2D eigenvalue weighted by Crippen LogP contribution is -2.48. The van der Waals surface area contributed by atoms with Gasteiger partial charge >= 0.3 is 6.03 Å². The van der Waals surface area contributed by atoms with Gasteiger partial charge in [0.1, 0.15) is 24.8 Å². The number of carbonyl (C=O) groups excluding carboxylic acids is 3. The van der Waals surface area contributed by atoms with Crippen LogP contribution >= 0.6 is 0 Å². The Hall–Kier alpha value is -3.95. The lowest BCUT2D eigenvalue weighted by atomic mass is 9.92. The van der Waals surface area contributed by atoms with Crippen molar-refractivity contribution in [1.29, 1.82) is 0 Å². The van der Waals surface area contributed by atoms with Crippen LogP contribution in [0.4, 0.5) is 4.79 Å². The lowest BCUT2D eigenvalue weighted by Gasteiger charge is -2.26. The molecular weight excluding hydrogens is 430 g/mol. The van der Waals surface area contributed by atoms with Crippen molar-refractivity contribution in [2.75, 3.05) is 26.5 Å². The van der Waals surface area contributed by atoms with E-state index in [1.165, 1.54) is 0 Å². The summed E-state index contributed by atoms with van der Waals surface area (Å²) in [5, 5.41) is 5.42. The summed E-state index contributed by atoms with van der Waals surface area (Å²) in [5.74, 6) is 1.57. The number of hydrogen-bond acceptors (Lipinski definition) is 7. The number of hydrogen-bond donors (Lipinski definition) is 2. The zero-order valence-electron chi connectivity index (χ0n) is 18.0. The molecule has 172 valence electrons. The zero-order valence-corrected chi connectivity index (χ0v) is 18.0. The van der Waals surface area contributed by atoms with Crippen molar-refractivity contribution in [3.05, 3.63) is 48.0 Å². The van der Waals surface area contributed by atoms with Crippen LogP contribution in [-0.2, 0) is 16.0 Å². The fourth-order valence-corrected chi connectivity index (χ4v) is 4.06. The summed E-state index contributed by atoms with van der Waals surface area (Å²) >= 11 is 0. The molecule has 0 aliphatic carbocycles. The number of ether oxygens (including phenoxy) is 4. The second kappa shape index (κ2) is 8.19. The van der Waals surface area contributed by atoms with Crippen molar-refractivity contribution in [3.63, 3.8) is 0 Å². The number of urea groups is 1. The molecule has 33 heavy (non-hydrogen) atoms. The van der Waals surface area contributed by atoms with Crippen molar-refractivity contribution in [1.82, 2.24) is 15.5 Å². The third-order valence-electron chi connectivity index (χ3n) is 5.74. The Morgan fingerprint density at radius 2 is 1.85 bits per heavy atom. The Morgan fingerprint density at radius 3 is 2.70 bits per heavy atom. The molecule has 0 unspecified atom stereocenters. The minimum atomic E-state index is -1.17. The Kier molecular flexibility index (Phi) is 5.20. The van der Waals surface area contributed by atoms with E-state index in [1.807, 2.05) is 24.3 Å². The van der Waals surface area contributed by atoms with E-state index in [4.69, 9.17) is 18.9 Å². The highest BCUT2D eigenvalue weighted by atomic mass is 16.7. The summed E-state index contributed by atoms with van der Waals surface area (Å²) < 4.78 is 22.1. The minimum Gasteiger partial charge on any atom is -0.486 e. The average Bonchev–Trinajstić information content (AvgIpc) is 3.35. The van der Waals surface area contributed by atoms with E-state index < -0.39 is 23.4 Å². The van der Waals surface area contributed by atoms with Crippen molar-refractivity contribution in [2.24, 2.45) is 0 Å². The number of para-hydroxylation sites is 2. The Bertz CT molecular complexity index is 1120. The zero-order chi connectivity index (χ0) is 23.0. The Labute approximate surface area is 189 Å². The lowest BCUT2D eigenvalue weighted by molar-refractivity contribution is -0.134. The van der Waals surface area contributed by atoms with Crippen molar-refractivity contribution in [3.8, 4) is 23.0 Å². The molecule has 0 saturated carbocycles. The molecule has 5 rings (SSSR count). The first-order valence-corrected chi connectivity index (χ1v) is 10.6. The van der Waals surface area contributed by atoms with Crippen LogP contribution in [0.5, 0.6) is 23.0 Å². The van der Waals surface area contributed by atoms with Crippen molar-refractivity contribution in [2.45, 2.75) is 25.0 Å². The van der Waals surface area contributed by atoms with E-state index in [2.05, 4.69) is 10.6 Å². The first-order chi connectivity index (χ1) is 15.9. The van der Waals surface area contributed by atoms with Crippen LogP contribution in [0, 0.1) is 0 Å². The van der Waals surface area contributed by atoms with E-state index in [1.54, 1.807) is 25.1 Å². The largest absolute Gasteiger partial charge is 0.486 e. The summed E-state index contributed by atoms with van der Waals surface area (Å²) in [5.41, 5.74) is -0.369. The fourth-order valence-electron chi connectivity index (χ4n) is 4.06. The summed E-state index contributed by atoms with van der Waals surface area (Å²) in [6.45, 7) is 1.88. The number of imide groups is 1. The molecule has 3 aliphatic heterocycles. The maximum atomic E-state index is 13.0. The van der Waals surface area contributed by atoms with Gasteiger partial charge < -0.3 is 29.6 Å². The molecule has 3 heterocycles. The predicted octanol–water partition coefficient (Wildman–Crippen LogP) is 1.22. The third kappa shape index (κ3) is 4.11. The molecule has 2 aromatic carbocycles. The normalized spacial score (nSPS) is 22.8. The van der Waals surface area contributed by atoms with Crippen LogP contribution in [0.1, 0.15) is 12.5 Å². The highest BCUT2D eigenvalue weighted by molar-refractivity contribution is 6.08. The number of benzene rings is 2. The second-order valence-electron chi connectivity index (χ2n) is 8.32. The van der Waals surface area contributed by atoms with Gasteiger partial charge in [-0.3, -0.25) is 14.5 Å². The molecule has 0 radical (unpaired) electrons. The summed E-state index contributed by atoms with van der Waals surface area (Å²) in [4.78, 5) is 38.9. The van der Waals surface area contributed by atoms with E-state index in [0.29, 0.717) is 23.0 Å². The molecule has 1 saturated heterocycles. The Balaban J connectivity index is 1.16. The number of fused-ring (bicyclic) bond motifs is 2. The summed E-state index contributed by atoms with van der Waals surface area (Å²) in [7, 11) is 0. The first kappa shape index (κ1) is 20.9. The van der Waals surface area contributed by atoms with Gasteiger partial charge in [-0.2, -0.15) is 0 Å². The molecular formula is C23H23N3O7. The molecule has 1 fully saturated rings. The monoisotopic (exact) mass is 453 g/mol. The molecule has 0 bridgehead atoms. The SMILES string of the molecule is C[C@]1(Cc2ccc3c(c2)OCO3)NC(=O)N(CC(=O)NC[C@H]2COc3ccccc3O2)C1=O. The molecule has 3 aliphatic rings. The molecule has 0 spiro atoms. The van der Waals surface area contributed by atoms with Crippen LogP contribution in [-0.4, -0.2) is 60.9 Å². The van der Waals surface area contributed by atoms with Gasteiger partial charge in [0.15, 0.2) is 23.0 Å². The van der Waals surface area contributed by atoms with Crippen molar-refractivity contribution < 1.29 is 33.3 Å². The van der Waals surface area contributed by atoms with Crippen LogP contribution in [0.25, 0.3) is 0 Å². The number of amides is 4. The Morgan fingerprint density at radius 1 is 1.09 bits per heavy atom. The van der Waals surface area contributed by atoms with Gasteiger partial charge in [0, 0.05) is 6.42 Å². The maximum Gasteiger partial charge on any atom is 0.325 e. The second-order valence-corrected chi connectivity index (χ2v) is 8.32. The van der Waals surface area contributed by atoms with Crippen molar-refractivity contribution >= 4 is 17.8 Å².